The number of hydrogen-bond donors (Lipinski definition) is 3. The van der Waals surface area contributed by atoms with E-state index in [0.717, 1.165) is 38.4 Å². The molecule has 0 bridgehead atoms. The molecular formula is C22H37IN6. The van der Waals surface area contributed by atoms with Crippen molar-refractivity contribution in [1.82, 2.24) is 25.4 Å². The first-order valence-corrected chi connectivity index (χ1v) is 10.7. The Morgan fingerprint density at radius 3 is 2.69 bits per heavy atom. The topological polar surface area (TPSA) is 58.7 Å². The third kappa shape index (κ3) is 7.79. The Kier molecular flexibility index (Phi) is 10.8. The largest absolute Gasteiger partial charge is 0.361 e. The molecule has 0 atom stereocenters. The van der Waals surface area contributed by atoms with Gasteiger partial charge in [-0.05, 0) is 51.4 Å². The molecule has 2 aromatic rings. The van der Waals surface area contributed by atoms with Gasteiger partial charge in [0.1, 0.15) is 0 Å². The molecule has 1 saturated heterocycles. The van der Waals surface area contributed by atoms with E-state index >= 15 is 0 Å². The summed E-state index contributed by atoms with van der Waals surface area (Å²) in [5, 5.41) is 8.15. The van der Waals surface area contributed by atoms with E-state index in [9.17, 15) is 0 Å². The lowest BCUT2D eigenvalue weighted by Crippen LogP contribution is -2.44. The van der Waals surface area contributed by atoms with E-state index in [1.165, 1.54) is 55.6 Å². The zero-order valence-electron chi connectivity index (χ0n) is 17.9. The first-order chi connectivity index (χ1) is 13.8. The molecule has 0 radical (unpaired) electrons. The normalized spacial score (nSPS) is 16.0. The fourth-order valence-corrected chi connectivity index (χ4v) is 3.71. The third-order valence-electron chi connectivity index (χ3n) is 5.45. The van der Waals surface area contributed by atoms with Gasteiger partial charge in [-0.1, -0.05) is 18.2 Å². The number of unbranched alkanes of at least 4 members (excludes halogenated alkanes) is 1. The van der Waals surface area contributed by atoms with E-state index in [-0.39, 0.29) is 24.0 Å². The van der Waals surface area contributed by atoms with Crippen LogP contribution in [0.3, 0.4) is 0 Å². The lowest BCUT2D eigenvalue weighted by atomic mass is 10.1. The molecule has 1 aromatic carbocycles. The average Bonchev–Trinajstić information content (AvgIpc) is 3.12. The van der Waals surface area contributed by atoms with Crippen LogP contribution in [0.1, 0.15) is 25.3 Å². The molecule has 0 aliphatic carbocycles. The Morgan fingerprint density at radius 2 is 1.90 bits per heavy atom. The number of benzene rings is 1. The Hall–Kier alpha value is -1.32. The molecule has 2 heterocycles. The summed E-state index contributed by atoms with van der Waals surface area (Å²) in [6.07, 6.45) is 5.47. The van der Waals surface area contributed by atoms with Crippen molar-refractivity contribution in [3.8, 4) is 0 Å². The van der Waals surface area contributed by atoms with Gasteiger partial charge in [-0.3, -0.25) is 4.99 Å². The van der Waals surface area contributed by atoms with Gasteiger partial charge in [-0.2, -0.15) is 0 Å². The summed E-state index contributed by atoms with van der Waals surface area (Å²) in [5.41, 5.74) is 2.56. The molecule has 29 heavy (non-hydrogen) atoms. The predicted molar refractivity (Wildman–Crippen MR) is 135 cm³/mol. The zero-order chi connectivity index (χ0) is 19.6. The van der Waals surface area contributed by atoms with Crippen molar-refractivity contribution in [1.29, 1.82) is 0 Å². The molecule has 162 valence electrons. The monoisotopic (exact) mass is 512 g/mol. The summed E-state index contributed by atoms with van der Waals surface area (Å²) < 4.78 is 0. The van der Waals surface area contributed by atoms with Gasteiger partial charge >= 0.3 is 0 Å². The van der Waals surface area contributed by atoms with Crippen LogP contribution in [0.2, 0.25) is 0 Å². The number of aromatic nitrogens is 1. The second kappa shape index (κ2) is 13.1. The molecule has 7 heteroatoms. The van der Waals surface area contributed by atoms with E-state index < -0.39 is 0 Å². The molecule has 3 N–H and O–H groups in total. The summed E-state index contributed by atoms with van der Waals surface area (Å²) in [7, 11) is 2.21. The van der Waals surface area contributed by atoms with Crippen LogP contribution in [0.25, 0.3) is 10.9 Å². The first-order valence-electron chi connectivity index (χ1n) is 10.7. The Morgan fingerprint density at radius 1 is 1.10 bits per heavy atom. The minimum atomic E-state index is 0. The lowest BCUT2D eigenvalue weighted by molar-refractivity contribution is 0.152. The molecule has 1 aliphatic rings. The fourth-order valence-electron chi connectivity index (χ4n) is 3.71. The van der Waals surface area contributed by atoms with Gasteiger partial charge in [-0.25, -0.2) is 0 Å². The van der Waals surface area contributed by atoms with Gasteiger partial charge in [0.25, 0.3) is 0 Å². The van der Waals surface area contributed by atoms with Gasteiger partial charge in [0.05, 0.1) is 0 Å². The number of aromatic amines is 1. The lowest BCUT2D eigenvalue weighted by Gasteiger charge is -2.32. The number of rotatable bonds is 9. The summed E-state index contributed by atoms with van der Waals surface area (Å²) in [5.74, 6) is 0.932. The maximum Gasteiger partial charge on any atom is 0.191 e. The number of nitrogens with one attached hydrogen (secondary N) is 3. The van der Waals surface area contributed by atoms with Crippen molar-refractivity contribution in [2.45, 2.75) is 26.2 Å². The van der Waals surface area contributed by atoms with Crippen LogP contribution >= 0.6 is 24.0 Å². The van der Waals surface area contributed by atoms with E-state index in [0.29, 0.717) is 0 Å². The standard InChI is InChI=1S/C22H36N6.HI/c1-3-23-22(24-11-6-7-13-28-16-14-27(2)15-17-28)25-12-10-19-18-26-21-9-5-4-8-20(19)21;/h4-5,8-9,18,26H,3,6-7,10-17H2,1-2H3,(H2,23,24,25);1H. The minimum Gasteiger partial charge on any atom is -0.361 e. The van der Waals surface area contributed by atoms with Crippen molar-refractivity contribution < 1.29 is 0 Å². The van der Waals surface area contributed by atoms with Crippen LogP contribution in [-0.2, 0) is 6.42 Å². The summed E-state index contributed by atoms with van der Waals surface area (Å²) in [4.78, 5) is 13.1. The van der Waals surface area contributed by atoms with Crippen LogP contribution in [-0.4, -0.2) is 80.1 Å². The second-order valence-corrected chi connectivity index (χ2v) is 7.65. The number of fused-ring (bicyclic) bond motifs is 1. The van der Waals surface area contributed by atoms with Crippen LogP contribution < -0.4 is 10.6 Å². The molecule has 3 rings (SSSR count). The van der Waals surface area contributed by atoms with Crippen LogP contribution in [0.4, 0.5) is 0 Å². The highest BCUT2D eigenvalue weighted by Gasteiger charge is 2.12. The Labute approximate surface area is 192 Å². The van der Waals surface area contributed by atoms with Crippen molar-refractivity contribution in [2.75, 3.05) is 59.4 Å². The van der Waals surface area contributed by atoms with Gasteiger partial charge in [0.15, 0.2) is 5.96 Å². The van der Waals surface area contributed by atoms with Crippen LogP contribution in [0.5, 0.6) is 0 Å². The Bertz CT molecular complexity index is 736. The number of aliphatic imine (C=N–C) groups is 1. The molecule has 1 aromatic heterocycles. The van der Waals surface area contributed by atoms with Gasteiger partial charge < -0.3 is 25.4 Å². The maximum absolute atomic E-state index is 4.75. The summed E-state index contributed by atoms with van der Waals surface area (Å²) in [6, 6.07) is 8.47. The summed E-state index contributed by atoms with van der Waals surface area (Å²) in [6.45, 7) is 10.8. The number of guanidine groups is 1. The predicted octanol–water partition coefficient (Wildman–Crippen LogP) is 2.91. The number of hydrogen-bond acceptors (Lipinski definition) is 3. The van der Waals surface area contributed by atoms with Crippen molar-refractivity contribution in [2.24, 2.45) is 4.99 Å². The van der Waals surface area contributed by atoms with Crippen LogP contribution in [0.15, 0.2) is 35.5 Å². The number of likely N-dealkylation sites (N-methyl/N-ethyl adjacent to an activating group) is 1. The number of para-hydroxylation sites is 1. The highest BCUT2D eigenvalue weighted by Crippen LogP contribution is 2.17. The van der Waals surface area contributed by atoms with Gasteiger partial charge in [-0.15, -0.1) is 24.0 Å². The zero-order valence-corrected chi connectivity index (χ0v) is 20.2. The Balaban J connectivity index is 0.00000300. The number of piperazine rings is 1. The average molecular weight is 512 g/mol. The van der Waals surface area contributed by atoms with Crippen molar-refractivity contribution in [3.63, 3.8) is 0 Å². The molecule has 6 nitrogen and oxygen atoms in total. The molecule has 0 unspecified atom stereocenters. The summed E-state index contributed by atoms with van der Waals surface area (Å²) >= 11 is 0. The molecule has 1 aliphatic heterocycles. The van der Waals surface area contributed by atoms with Gasteiger partial charge in [0.2, 0.25) is 0 Å². The van der Waals surface area contributed by atoms with E-state index in [1.54, 1.807) is 0 Å². The highest BCUT2D eigenvalue weighted by atomic mass is 127. The number of nitrogens with zero attached hydrogens (tertiary/aromatic N) is 3. The third-order valence-corrected chi connectivity index (χ3v) is 5.45. The second-order valence-electron chi connectivity index (χ2n) is 7.65. The van der Waals surface area contributed by atoms with E-state index in [2.05, 4.69) is 69.9 Å². The first kappa shape index (κ1) is 24.0. The van der Waals surface area contributed by atoms with Crippen molar-refractivity contribution in [3.05, 3.63) is 36.0 Å². The van der Waals surface area contributed by atoms with Gasteiger partial charge in [0, 0.05) is 62.9 Å². The smallest absolute Gasteiger partial charge is 0.191 e. The minimum absolute atomic E-state index is 0. The van der Waals surface area contributed by atoms with Crippen LogP contribution in [0, 0.1) is 0 Å². The number of H-pyrrole nitrogens is 1. The molecule has 0 spiro atoms. The molecule has 0 saturated carbocycles. The fraction of sp³-hybridized carbons (Fsp3) is 0.591. The molecular weight excluding hydrogens is 475 g/mol. The molecule has 1 fully saturated rings. The van der Waals surface area contributed by atoms with Crippen molar-refractivity contribution >= 4 is 40.8 Å². The molecule has 0 amide bonds. The SMILES string of the molecule is CCNC(=NCCCCN1CCN(C)CC1)NCCc1c[nH]c2ccccc12.I. The van der Waals surface area contributed by atoms with E-state index in [4.69, 9.17) is 4.99 Å². The highest BCUT2D eigenvalue weighted by molar-refractivity contribution is 14.0. The maximum atomic E-state index is 4.75. The number of halogens is 1. The quantitative estimate of drug-likeness (QED) is 0.209. The van der Waals surface area contributed by atoms with E-state index in [1.807, 2.05) is 0 Å².